The highest BCUT2D eigenvalue weighted by Crippen LogP contribution is 2.12. The average molecular weight is 387 g/mol. The summed E-state index contributed by atoms with van der Waals surface area (Å²) in [4.78, 5) is 33.8. The number of benzene rings is 2. The number of thioether (sulfide) groups is 1. The number of hydrogen-bond donors (Lipinski definition) is 2. The molecule has 0 fully saturated rings. The van der Waals surface area contributed by atoms with Crippen LogP contribution in [0.15, 0.2) is 54.6 Å². The maximum atomic E-state index is 11.9. The molecule has 0 aliphatic heterocycles. The fourth-order valence-electron chi connectivity index (χ4n) is 2.24. The average Bonchev–Trinajstić information content (AvgIpc) is 2.68. The highest BCUT2D eigenvalue weighted by Gasteiger charge is 2.09. The van der Waals surface area contributed by atoms with Crippen LogP contribution >= 0.6 is 11.8 Å². The van der Waals surface area contributed by atoms with E-state index in [2.05, 4.69) is 22.8 Å². The molecular formula is C19H21N3O4S. The number of nitro groups is 1. The van der Waals surface area contributed by atoms with Crippen molar-refractivity contribution in [2.45, 2.75) is 12.2 Å². The Morgan fingerprint density at radius 3 is 2.33 bits per heavy atom. The minimum absolute atomic E-state index is 0.0731. The number of non-ortho nitro benzene ring substituents is 1. The first-order valence-corrected chi connectivity index (χ1v) is 9.63. The van der Waals surface area contributed by atoms with Gasteiger partial charge < -0.3 is 10.6 Å². The normalized spacial score (nSPS) is 10.2. The molecule has 8 heteroatoms. The van der Waals surface area contributed by atoms with Gasteiger partial charge in [-0.2, -0.15) is 11.8 Å². The van der Waals surface area contributed by atoms with Crippen LogP contribution in [0.1, 0.15) is 22.3 Å². The summed E-state index contributed by atoms with van der Waals surface area (Å²) in [5, 5.41) is 16.0. The van der Waals surface area contributed by atoms with Gasteiger partial charge in [-0.15, -0.1) is 0 Å². The van der Waals surface area contributed by atoms with Gasteiger partial charge in [0.15, 0.2) is 0 Å². The van der Waals surface area contributed by atoms with E-state index in [9.17, 15) is 19.7 Å². The standard InChI is InChI=1S/C19H21N3O4S/c23-18(20-12-13-27-14-15-4-2-1-3-5-15)10-11-21-19(24)16-6-8-17(9-7-16)22(25)26/h1-9H,10-14H2,(H,20,23)(H,21,24). The molecule has 0 atom stereocenters. The number of carbonyl (C=O) groups excluding carboxylic acids is 2. The number of nitro benzene ring substituents is 1. The van der Waals surface area contributed by atoms with Gasteiger partial charge in [-0.05, 0) is 17.7 Å². The lowest BCUT2D eigenvalue weighted by molar-refractivity contribution is -0.384. The highest BCUT2D eigenvalue weighted by atomic mass is 32.2. The molecule has 2 rings (SSSR count). The molecule has 0 heterocycles. The fourth-order valence-corrected chi connectivity index (χ4v) is 3.06. The van der Waals surface area contributed by atoms with E-state index in [0.717, 1.165) is 11.5 Å². The van der Waals surface area contributed by atoms with Crippen molar-refractivity contribution in [1.29, 1.82) is 0 Å². The van der Waals surface area contributed by atoms with Crippen molar-refractivity contribution >= 4 is 29.3 Å². The first-order valence-electron chi connectivity index (χ1n) is 8.47. The number of nitrogens with zero attached hydrogens (tertiary/aromatic N) is 1. The first-order chi connectivity index (χ1) is 13.1. The van der Waals surface area contributed by atoms with Gasteiger partial charge in [-0.1, -0.05) is 30.3 Å². The first kappa shape index (κ1) is 20.4. The summed E-state index contributed by atoms with van der Waals surface area (Å²) in [5.41, 5.74) is 1.50. The molecule has 0 unspecified atom stereocenters. The van der Waals surface area contributed by atoms with Crippen LogP contribution < -0.4 is 10.6 Å². The van der Waals surface area contributed by atoms with Crippen molar-refractivity contribution in [2.24, 2.45) is 0 Å². The van der Waals surface area contributed by atoms with Crippen molar-refractivity contribution in [2.75, 3.05) is 18.8 Å². The molecule has 142 valence electrons. The van der Waals surface area contributed by atoms with Gasteiger partial charge in [0.25, 0.3) is 11.6 Å². The third-order valence-electron chi connectivity index (χ3n) is 3.66. The maximum Gasteiger partial charge on any atom is 0.269 e. The molecule has 2 aromatic rings. The van der Waals surface area contributed by atoms with Crippen LogP contribution in [0.25, 0.3) is 0 Å². The zero-order valence-corrected chi connectivity index (χ0v) is 15.5. The van der Waals surface area contributed by atoms with Crippen LogP contribution in [-0.2, 0) is 10.5 Å². The molecule has 0 aromatic heterocycles. The Morgan fingerprint density at radius 1 is 0.963 bits per heavy atom. The summed E-state index contributed by atoms with van der Waals surface area (Å²) in [7, 11) is 0. The van der Waals surface area contributed by atoms with Gasteiger partial charge >= 0.3 is 0 Å². The lowest BCUT2D eigenvalue weighted by Crippen LogP contribution is -2.31. The summed E-state index contributed by atoms with van der Waals surface area (Å²) in [6.07, 6.45) is 0.183. The number of carbonyl (C=O) groups is 2. The van der Waals surface area contributed by atoms with Gasteiger partial charge in [0.2, 0.25) is 5.91 Å². The van der Waals surface area contributed by atoms with Crippen LogP contribution in [-0.4, -0.2) is 35.6 Å². The Bertz CT molecular complexity index is 766. The Labute approximate surface area is 161 Å². The Morgan fingerprint density at radius 2 is 1.67 bits per heavy atom. The van der Waals surface area contributed by atoms with Crippen molar-refractivity contribution in [3.63, 3.8) is 0 Å². The van der Waals surface area contributed by atoms with Crippen LogP contribution in [0, 0.1) is 10.1 Å². The number of hydrogen-bond acceptors (Lipinski definition) is 5. The van der Waals surface area contributed by atoms with E-state index in [1.807, 2.05) is 18.2 Å². The second kappa shape index (κ2) is 11.0. The van der Waals surface area contributed by atoms with Gasteiger partial charge in [-0.3, -0.25) is 19.7 Å². The van der Waals surface area contributed by atoms with E-state index in [1.165, 1.54) is 29.8 Å². The number of rotatable bonds is 10. The summed E-state index contributed by atoms with van der Waals surface area (Å²) >= 11 is 1.75. The molecule has 0 aliphatic rings. The number of amides is 2. The number of nitrogens with one attached hydrogen (secondary N) is 2. The highest BCUT2D eigenvalue weighted by molar-refractivity contribution is 7.98. The second-order valence-corrected chi connectivity index (χ2v) is 6.80. The molecule has 2 N–H and O–H groups in total. The van der Waals surface area contributed by atoms with E-state index in [0.29, 0.717) is 12.1 Å². The predicted octanol–water partition coefficient (Wildman–Crippen LogP) is 2.76. The van der Waals surface area contributed by atoms with Crippen LogP contribution in [0.5, 0.6) is 0 Å². The van der Waals surface area contributed by atoms with Crippen molar-refractivity contribution in [3.8, 4) is 0 Å². The molecule has 7 nitrogen and oxygen atoms in total. The van der Waals surface area contributed by atoms with E-state index in [4.69, 9.17) is 0 Å². The van der Waals surface area contributed by atoms with E-state index in [1.54, 1.807) is 11.8 Å². The molecule has 0 radical (unpaired) electrons. The zero-order chi connectivity index (χ0) is 19.5. The summed E-state index contributed by atoms with van der Waals surface area (Å²) in [6, 6.07) is 15.4. The van der Waals surface area contributed by atoms with Gasteiger partial charge in [0.05, 0.1) is 4.92 Å². The third-order valence-corrected chi connectivity index (χ3v) is 4.69. The lowest BCUT2D eigenvalue weighted by atomic mass is 10.2. The van der Waals surface area contributed by atoms with Crippen molar-refractivity contribution < 1.29 is 14.5 Å². The van der Waals surface area contributed by atoms with E-state index in [-0.39, 0.29) is 30.5 Å². The van der Waals surface area contributed by atoms with E-state index >= 15 is 0 Å². The fraction of sp³-hybridized carbons (Fsp3) is 0.263. The molecule has 0 saturated carbocycles. The predicted molar refractivity (Wildman–Crippen MR) is 106 cm³/mol. The maximum absolute atomic E-state index is 11.9. The molecule has 0 aliphatic carbocycles. The van der Waals surface area contributed by atoms with E-state index < -0.39 is 4.92 Å². The SMILES string of the molecule is O=C(CCNC(=O)c1ccc([N+](=O)[O-])cc1)NCCSCc1ccccc1. The molecule has 0 saturated heterocycles. The minimum Gasteiger partial charge on any atom is -0.355 e. The minimum atomic E-state index is -0.524. The quantitative estimate of drug-likeness (QED) is 0.371. The van der Waals surface area contributed by atoms with Gasteiger partial charge in [0.1, 0.15) is 0 Å². The molecule has 2 amide bonds. The van der Waals surface area contributed by atoms with Crippen LogP contribution in [0.4, 0.5) is 5.69 Å². The summed E-state index contributed by atoms with van der Waals surface area (Å²) in [6.45, 7) is 0.783. The molecule has 0 spiro atoms. The Balaban J connectivity index is 1.57. The smallest absolute Gasteiger partial charge is 0.269 e. The van der Waals surface area contributed by atoms with Crippen LogP contribution in [0.3, 0.4) is 0 Å². The Hall–Kier alpha value is -2.87. The second-order valence-electron chi connectivity index (χ2n) is 5.70. The largest absolute Gasteiger partial charge is 0.355 e. The third kappa shape index (κ3) is 7.49. The van der Waals surface area contributed by atoms with Crippen molar-refractivity contribution in [1.82, 2.24) is 10.6 Å². The summed E-state index contributed by atoms with van der Waals surface area (Å²) in [5.74, 6) is 1.23. The molecule has 0 bridgehead atoms. The molecular weight excluding hydrogens is 366 g/mol. The molecule has 2 aromatic carbocycles. The monoisotopic (exact) mass is 387 g/mol. The topological polar surface area (TPSA) is 101 Å². The van der Waals surface area contributed by atoms with Gasteiger partial charge in [-0.25, -0.2) is 0 Å². The zero-order valence-electron chi connectivity index (χ0n) is 14.7. The molecule has 27 heavy (non-hydrogen) atoms. The lowest BCUT2D eigenvalue weighted by Gasteiger charge is -2.07. The summed E-state index contributed by atoms with van der Waals surface area (Å²) < 4.78 is 0. The van der Waals surface area contributed by atoms with Crippen molar-refractivity contribution in [3.05, 3.63) is 75.8 Å². The van der Waals surface area contributed by atoms with Crippen LogP contribution in [0.2, 0.25) is 0 Å². The Kier molecular flexibility index (Phi) is 8.31. The van der Waals surface area contributed by atoms with Gasteiger partial charge in [0, 0.05) is 48.7 Å².